The molecule has 35 heavy (non-hydrogen) atoms. The molecule has 2 amide bonds. The second-order valence-corrected chi connectivity index (χ2v) is 9.69. The number of rotatable bonds is 7. The van der Waals surface area contributed by atoms with Gasteiger partial charge in [0.25, 0.3) is 5.91 Å². The zero-order chi connectivity index (χ0) is 24.8. The summed E-state index contributed by atoms with van der Waals surface area (Å²) in [6.07, 6.45) is 0. The van der Waals surface area contributed by atoms with Gasteiger partial charge in [-0.1, -0.05) is 72.3 Å². The van der Waals surface area contributed by atoms with Gasteiger partial charge in [-0.25, -0.2) is 0 Å². The van der Waals surface area contributed by atoms with Crippen LogP contribution in [0.5, 0.6) is 0 Å². The number of carbonyl (C=O) groups is 2. The molecule has 0 spiro atoms. The van der Waals surface area contributed by atoms with Crippen LogP contribution in [0.25, 0.3) is 0 Å². The molecule has 4 aromatic carbocycles. The number of benzene rings is 4. The third-order valence-corrected chi connectivity index (χ3v) is 6.94. The van der Waals surface area contributed by atoms with E-state index in [1.807, 2.05) is 112 Å². The fraction of sp³-hybridized carbons (Fsp3) is 0.133. The molecule has 0 saturated carbocycles. The van der Waals surface area contributed by atoms with E-state index in [-0.39, 0.29) is 11.8 Å². The summed E-state index contributed by atoms with van der Waals surface area (Å²) in [5.74, 6) is -0.254. The Morgan fingerprint density at radius 1 is 0.714 bits per heavy atom. The quantitative estimate of drug-likeness (QED) is 0.272. The Balaban J connectivity index is 1.57. The highest BCUT2D eigenvalue weighted by molar-refractivity contribution is 8.00. The lowest BCUT2D eigenvalue weighted by Gasteiger charge is -2.19. The molecule has 0 aliphatic carbocycles. The molecule has 0 bridgehead atoms. The van der Waals surface area contributed by atoms with Gasteiger partial charge in [-0.15, -0.1) is 11.8 Å². The molecular weight excluding hydrogens is 452 g/mol. The van der Waals surface area contributed by atoms with E-state index in [4.69, 9.17) is 0 Å². The largest absolute Gasteiger partial charge is 0.324 e. The van der Waals surface area contributed by atoms with Crippen LogP contribution in [-0.4, -0.2) is 11.8 Å². The zero-order valence-corrected chi connectivity index (χ0v) is 20.9. The lowest BCUT2D eigenvalue weighted by Crippen LogP contribution is -2.20. The van der Waals surface area contributed by atoms with Gasteiger partial charge in [-0.3, -0.25) is 9.59 Å². The Kier molecular flexibility index (Phi) is 7.68. The number of para-hydroxylation sites is 1. The molecule has 5 heteroatoms. The lowest BCUT2D eigenvalue weighted by molar-refractivity contribution is -0.115. The molecule has 0 saturated heterocycles. The number of nitrogens with one attached hydrogen (secondary N) is 2. The van der Waals surface area contributed by atoms with Crippen molar-refractivity contribution in [3.8, 4) is 0 Å². The number of hydrogen-bond acceptors (Lipinski definition) is 3. The first-order valence-electron chi connectivity index (χ1n) is 11.5. The van der Waals surface area contributed by atoms with E-state index in [0.717, 1.165) is 32.8 Å². The first-order chi connectivity index (χ1) is 16.9. The highest BCUT2D eigenvalue weighted by atomic mass is 32.2. The predicted molar refractivity (Wildman–Crippen MR) is 145 cm³/mol. The van der Waals surface area contributed by atoms with Gasteiger partial charge < -0.3 is 10.6 Å². The van der Waals surface area contributed by atoms with Crippen molar-refractivity contribution in [3.05, 3.63) is 125 Å². The molecule has 4 aromatic rings. The van der Waals surface area contributed by atoms with E-state index in [9.17, 15) is 9.59 Å². The number of thioether (sulfide) groups is 1. The highest BCUT2D eigenvalue weighted by Crippen LogP contribution is 2.37. The van der Waals surface area contributed by atoms with Crippen LogP contribution in [-0.2, 0) is 4.79 Å². The van der Waals surface area contributed by atoms with Gasteiger partial charge in [0.2, 0.25) is 5.91 Å². The molecule has 0 aliphatic rings. The van der Waals surface area contributed by atoms with Crippen LogP contribution in [0.3, 0.4) is 0 Å². The van der Waals surface area contributed by atoms with E-state index in [1.165, 1.54) is 11.8 Å². The van der Waals surface area contributed by atoms with E-state index in [0.29, 0.717) is 11.3 Å². The number of hydrogen-bond donors (Lipinski definition) is 2. The topological polar surface area (TPSA) is 58.2 Å². The molecule has 0 radical (unpaired) electrons. The first kappa shape index (κ1) is 24.3. The van der Waals surface area contributed by atoms with Crippen LogP contribution in [0.1, 0.15) is 37.9 Å². The van der Waals surface area contributed by atoms with Gasteiger partial charge >= 0.3 is 0 Å². The Hall–Kier alpha value is -3.83. The average molecular weight is 481 g/mol. The van der Waals surface area contributed by atoms with E-state index in [2.05, 4.69) is 10.6 Å². The SMILES string of the molecule is Cc1cccc(C(=O)Nc2cccc(SC(C(=O)Nc3c(C)cccc3C)c3ccccc3)c2)c1. The van der Waals surface area contributed by atoms with E-state index < -0.39 is 5.25 Å². The molecule has 1 atom stereocenters. The second-order valence-electron chi connectivity index (χ2n) is 8.52. The Morgan fingerprint density at radius 3 is 2.11 bits per heavy atom. The van der Waals surface area contributed by atoms with Gasteiger partial charge in [-0.05, 0) is 67.8 Å². The summed E-state index contributed by atoms with van der Waals surface area (Å²) in [5, 5.41) is 5.65. The van der Waals surface area contributed by atoms with Crippen LogP contribution in [0.2, 0.25) is 0 Å². The van der Waals surface area contributed by atoms with Gasteiger partial charge in [-0.2, -0.15) is 0 Å². The van der Waals surface area contributed by atoms with Crippen molar-refractivity contribution >= 4 is 35.0 Å². The summed E-state index contributed by atoms with van der Waals surface area (Å²) in [5.41, 5.74) is 6.13. The summed E-state index contributed by atoms with van der Waals surface area (Å²) in [6.45, 7) is 5.95. The summed E-state index contributed by atoms with van der Waals surface area (Å²) in [6, 6.07) is 30.8. The highest BCUT2D eigenvalue weighted by Gasteiger charge is 2.23. The fourth-order valence-electron chi connectivity index (χ4n) is 3.87. The maximum absolute atomic E-state index is 13.5. The van der Waals surface area contributed by atoms with Crippen molar-refractivity contribution in [1.82, 2.24) is 0 Å². The summed E-state index contributed by atoms with van der Waals surface area (Å²) >= 11 is 1.46. The molecule has 2 N–H and O–H groups in total. The number of anilines is 2. The van der Waals surface area contributed by atoms with Crippen LogP contribution >= 0.6 is 11.8 Å². The summed E-state index contributed by atoms with van der Waals surface area (Å²) in [4.78, 5) is 27.1. The third-order valence-electron chi connectivity index (χ3n) is 5.70. The molecule has 4 rings (SSSR count). The summed E-state index contributed by atoms with van der Waals surface area (Å²) in [7, 11) is 0. The Labute approximate surface area is 210 Å². The van der Waals surface area contributed by atoms with Gasteiger partial charge in [0.05, 0.1) is 0 Å². The average Bonchev–Trinajstić information content (AvgIpc) is 2.85. The zero-order valence-electron chi connectivity index (χ0n) is 20.0. The molecule has 4 nitrogen and oxygen atoms in total. The maximum atomic E-state index is 13.5. The number of amides is 2. The monoisotopic (exact) mass is 480 g/mol. The normalized spacial score (nSPS) is 11.5. The molecule has 0 aromatic heterocycles. The number of aryl methyl sites for hydroxylation is 3. The molecule has 0 fully saturated rings. The minimum atomic E-state index is -0.460. The van der Waals surface area contributed by atoms with Crippen molar-refractivity contribution in [2.75, 3.05) is 10.6 Å². The van der Waals surface area contributed by atoms with Crippen LogP contribution in [0, 0.1) is 20.8 Å². The third kappa shape index (κ3) is 6.19. The Bertz CT molecular complexity index is 1330. The smallest absolute Gasteiger partial charge is 0.255 e. The van der Waals surface area contributed by atoms with Crippen molar-refractivity contribution < 1.29 is 9.59 Å². The van der Waals surface area contributed by atoms with E-state index >= 15 is 0 Å². The van der Waals surface area contributed by atoms with Crippen LogP contribution < -0.4 is 10.6 Å². The van der Waals surface area contributed by atoms with Crippen molar-refractivity contribution in [3.63, 3.8) is 0 Å². The lowest BCUT2D eigenvalue weighted by atomic mass is 10.1. The van der Waals surface area contributed by atoms with E-state index in [1.54, 1.807) is 6.07 Å². The van der Waals surface area contributed by atoms with Gasteiger partial charge in [0.1, 0.15) is 5.25 Å². The van der Waals surface area contributed by atoms with Crippen molar-refractivity contribution in [1.29, 1.82) is 0 Å². The minimum Gasteiger partial charge on any atom is -0.324 e. The number of carbonyl (C=O) groups excluding carboxylic acids is 2. The predicted octanol–water partition coefficient (Wildman–Crippen LogP) is 7.34. The molecular formula is C30H28N2O2S. The molecule has 1 unspecified atom stereocenters. The van der Waals surface area contributed by atoms with Gasteiger partial charge in [0.15, 0.2) is 0 Å². The van der Waals surface area contributed by atoms with Crippen molar-refractivity contribution in [2.24, 2.45) is 0 Å². The van der Waals surface area contributed by atoms with Gasteiger partial charge in [0, 0.05) is 21.8 Å². The van der Waals surface area contributed by atoms with Crippen molar-refractivity contribution in [2.45, 2.75) is 30.9 Å². The second kappa shape index (κ2) is 11.1. The Morgan fingerprint density at radius 2 is 1.40 bits per heavy atom. The van der Waals surface area contributed by atoms with Crippen LogP contribution in [0.4, 0.5) is 11.4 Å². The van der Waals surface area contributed by atoms with Crippen LogP contribution in [0.15, 0.2) is 102 Å². The molecule has 176 valence electrons. The maximum Gasteiger partial charge on any atom is 0.255 e. The first-order valence-corrected chi connectivity index (χ1v) is 12.4. The molecule has 0 aliphatic heterocycles. The standard InChI is InChI=1S/C30H28N2O2S/c1-20-10-7-15-24(18-20)29(33)31-25-16-9-17-26(19-25)35-28(23-13-5-4-6-14-23)30(34)32-27-21(2)11-8-12-22(27)3/h4-19,28H,1-3H3,(H,31,33)(H,32,34). The summed E-state index contributed by atoms with van der Waals surface area (Å²) < 4.78 is 0. The minimum absolute atomic E-state index is 0.0900. The fourth-order valence-corrected chi connectivity index (χ4v) is 4.96. The molecule has 0 heterocycles.